The van der Waals surface area contributed by atoms with Gasteiger partial charge in [-0.05, 0) is 39.1 Å². The van der Waals surface area contributed by atoms with Gasteiger partial charge in [0, 0.05) is 16.3 Å². The predicted octanol–water partition coefficient (Wildman–Crippen LogP) is 3.15. The zero-order valence-corrected chi connectivity index (χ0v) is 13.6. The molecule has 2 heterocycles. The summed E-state index contributed by atoms with van der Waals surface area (Å²) in [5.74, 6) is -0.269. The molecule has 2 aromatic heterocycles. The van der Waals surface area contributed by atoms with E-state index in [1.807, 2.05) is 16.8 Å². The van der Waals surface area contributed by atoms with Crippen LogP contribution in [0, 0.1) is 0 Å². The smallest absolute Gasteiger partial charge is 0.271 e. The molecule has 0 atom stereocenters. The highest BCUT2D eigenvalue weighted by molar-refractivity contribution is 7.14. The molecule has 0 saturated heterocycles. The minimum absolute atomic E-state index is 0.269. The number of hydrogen-bond acceptors (Lipinski definition) is 5. The van der Waals surface area contributed by atoms with Gasteiger partial charge >= 0.3 is 0 Å². The first-order valence-electron chi connectivity index (χ1n) is 6.24. The first-order valence-corrected chi connectivity index (χ1v) is 8.06. The quantitative estimate of drug-likeness (QED) is 0.912. The molecule has 2 aromatic rings. The largest absolute Gasteiger partial charge is 0.388 e. The van der Waals surface area contributed by atoms with E-state index >= 15 is 0 Å². The molecule has 0 bridgehead atoms. The summed E-state index contributed by atoms with van der Waals surface area (Å²) >= 11 is 3.04. The van der Waals surface area contributed by atoms with Crippen molar-refractivity contribution in [2.45, 2.75) is 38.8 Å². The summed E-state index contributed by atoms with van der Waals surface area (Å²) in [4.78, 5) is 16.6. The van der Waals surface area contributed by atoms with Crippen LogP contribution in [0.2, 0.25) is 0 Å². The van der Waals surface area contributed by atoms with Crippen LogP contribution in [0.25, 0.3) is 10.6 Å². The lowest BCUT2D eigenvalue weighted by atomic mass is 9.86. The Morgan fingerprint density at radius 2 is 2.00 bits per heavy atom. The van der Waals surface area contributed by atoms with Crippen molar-refractivity contribution in [1.29, 1.82) is 0 Å². The summed E-state index contributed by atoms with van der Waals surface area (Å²) < 4.78 is 0. The number of aromatic nitrogens is 1. The van der Waals surface area contributed by atoms with Crippen molar-refractivity contribution >= 4 is 28.6 Å². The summed E-state index contributed by atoms with van der Waals surface area (Å²) in [6.45, 7) is 6.92. The van der Waals surface area contributed by atoms with Gasteiger partial charge in [-0.1, -0.05) is 0 Å². The van der Waals surface area contributed by atoms with Crippen molar-refractivity contribution in [2.24, 2.45) is 0 Å². The summed E-state index contributed by atoms with van der Waals surface area (Å²) in [5.41, 5.74) is -0.347. The lowest BCUT2D eigenvalue weighted by molar-refractivity contribution is -0.00300. The zero-order valence-electron chi connectivity index (χ0n) is 11.9. The molecule has 0 aromatic carbocycles. The van der Waals surface area contributed by atoms with Crippen LogP contribution in [0.3, 0.4) is 0 Å². The van der Waals surface area contributed by atoms with Crippen molar-refractivity contribution in [3.05, 3.63) is 27.9 Å². The number of thiophene rings is 1. The molecular weight excluding hydrogens is 292 g/mol. The summed E-state index contributed by atoms with van der Waals surface area (Å²) in [6.07, 6.45) is 0. The number of hydrogen-bond donors (Lipinski definition) is 2. The Labute approximate surface area is 126 Å². The van der Waals surface area contributed by atoms with E-state index in [1.54, 1.807) is 44.4 Å². The predicted molar refractivity (Wildman–Crippen MR) is 83.3 cm³/mol. The summed E-state index contributed by atoms with van der Waals surface area (Å²) in [6, 6.07) is 1.98. The highest BCUT2D eigenvalue weighted by Crippen LogP contribution is 2.26. The zero-order chi connectivity index (χ0) is 15.0. The third kappa shape index (κ3) is 3.08. The fourth-order valence-electron chi connectivity index (χ4n) is 1.40. The van der Waals surface area contributed by atoms with Gasteiger partial charge in [0.2, 0.25) is 0 Å². The number of nitrogens with one attached hydrogen (secondary N) is 1. The maximum atomic E-state index is 12.2. The van der Waals surface area contributed by atoms with E-state index in [1.165, 1.54) is 11.3 Å². The molecule has 1 amide bonds. The minimum atomic E-state index is -1.02. The Kier molecular flexibility index (Phi) is 4.00. The van der Waals surface area contributed by atoms with E-state index in [4.69, 9.17) is 0 Å². The molecule has 4 nitrogen and oxygen atoms in total. The number of thiazole rings is 1. The van der Waals surface area contributed by atoms with Gasteiger partial charge < -0.3 is 10.4 Å². The molecule has 0 fully saturated rings. The Balaban J connectivity index is 2.15. The van der Waals surface area contributed by atoms with Crippen molar-refractivity contribution < 1.29 is 9.90 Å². The topological polar surface area (TPSA) is 62.2 Å². The molecule has 0 spiro atoms. The van der Waals surface area contributed by atoms with Crippen molar-refractivity contribution in [1.82, 2.24) is 10.3 Å². The van der Waals surface area contributed by atoms with Crippen LogP contribution in [-0.2, 0) is 0 Å². The number of carbonyl (C=O) groups is 1. The van der Waals surface area contributed by atoms with E-state index in [0.29, 0.717) is 5.69 Å². The van der Waals surface area contributed by atoms with Crippen LogP contribution in [-0.4, -0.2) is 27.1 Å². The summed E-state index contributed by atoms with van der Waals surface area (Å²) in [7, 11) is 0. The number of aliphatic hydroxyl groups is 1. The van der Waals surface area contributed by atoms with E-state index in [9.17, 15) is 9.90 Å². The lowest BCUT2D eigenvalue weighted by Crippen LogP contribution is -2.57. The molecule has 0 radical (unpaired) electrons. The monoisotopic (exact) mass is 310 g/mol. The van der Waals surface area contributed by atoms with Gasteiger partial charge in [-0.25, -0.2) is 4.98 Å². The van der Waals surface area contributed by atoms with Gasteiger partial charge in [0.1, 0.15) is 10.7 Å². The van der Waals surface area contributed by atoms with Crippen LogP contribution in [0.1, 0.15) is 38.2 Å². The van der Waals surface area contributed by atoms with Crippen LogP contribution >= 0.6 is 22.7 Å². The number of rotatable bonds is 4. The summed E-state index contributed by atoms with van der Waals surface area (Å²) in [5, 5.41) is 19.4. The molecule has 2 rings (SSSR count). The fourth-order valence-corrected chi connectivity index (χ4v) is 2.91. The van der Waals surface area contributed by atoms with Crippen LogP contribution in [0.15, 0.2) is 22.2 Å². The van der Waals surface area contributed by atoms with E-state index in [-0.39, 0.29) is 5.91 Å². The Morgan fingerprint density at radius 3 is 2.55 bits per heavy atom. The maximum Gasteiger partial charge on any atom is 0.271 e. The van der Waals surface area contributed by atoms with E-state index < -0.39 is 11.1 Å². The molecule has 0 aliphatic heterocycles. The number of nitrogens with zero attached hydrogens (tertiary/aromatic N) is 1. The Bertz CT molecular complexity index is 595. The Hall–Kier alpha value is -1.24. The SMILES string of the molecule is CC(C)(O)C(C)(C)NC(=O)c1csc(-c2ccsc2)n1. The maximum absolute atomic E-state index is 12.2. The minimum Gasteiger partial charge on any atom is -0.388 e. The lowest BCUT2D eigenvalue weighted by Gasteiger charge is -2.37. The second-order valence-electron chi connectivity index (χ2n) is 5.69. The molecule has 108 valence electrons. The number of amides is 1. The fraction of sp³-hybridized carbons (Fsp3) is 0.429. The average molecular weight is 310 g/mol. The second-order valence-corrected chi connectivity index (χ2v) is 7.33. The highest BCUT2D eigenvalue weighted by Gasteiger charge is 2.36. The van der Waals surface area contributed by atoms with Crippen LogP contribution in [0.4, 0.5) is 0 Å². The third-order valence-electron chi connectivity index (χ3n) is 3.46. The van der Waals surface area contributed by atoms with Crippen LogP contribution in [0.5, 0.6) is 0 Å². The van der Waals surface area contributed by atoms with Gasteiger partial charge in [0.05, 0.1) is 11.1 Å². The molecule has 0 aliphatic carbocycles. The first-order chi connectivity index (χ1) is 9.21. The van der Waals surface area contributed by atoms with Crippen molar-refractivity contribution in [3.8, 4) is 10.6 Å². The highest BCUT2D eigenvalue weighted by atomic mass is 32.1. The molecule has 20 heavy (non-hydrogen) atoms. The molecular formula is C14H18N2O2S2. The normalized spacial score (nSPS) is 12.4. The molecule has 0 aliphatic rings. The molecule has 6 heteroatoms. The van der Waals surface area contributed by atoms with Gasteiger partial charge in [-0.2, -0.15) is 11.3 Å². The average Bonchev–Trinajstić information content (AvgIpc) is 2.98. The van der Waals surface area contributed by atoms with Gasteiger partial charge in [-0.15, -0.1) is 11.3 Å². The Morgan fingerprint density at radius 1 is 1.30 bits per heavy atom. The molecule has 2 N–H and O–H groups in total. The second kappa shape index (κ2) is 5.27. The van der Waals surface area contributed by atoms with E-state index in [0.717, 1.165) is 10.6 Å². The number of carbonyl (C=O) groups excluding carboxylic acids is 1. The van der Waals surface area contributed by atoms with E-state index in [2.05, 4.69) is 10.3 Å². The molecule has 0 unspecified atom stereocenters. The van der Waals surface area contributed by atoms with Gasteiger partial charge in [0.15, 0.2) is 0 Å². The van der Waals surface area contributed by atoms with Crippen molar-refractivity contribution in [3.63, 3.8) is 0 Å². The standard InChI is InChI=1S/C14H18N2O2S2/c1-13(2,14(3,4)18)16-11(17)10-8-20-12(15-10)9-5-6-19-7-9/h5-8,18H,1-4H3,(H,16,17). The van der Waals surface area contributed by atoms with Crippen LogP contribution < -0.4 is 5.32 Å². The van der Waals surface area contributed by atoms with Gasteiger partial charge in [0.25, 0.3) is 5.91 Å². The third-order valence-corrected chi connectivity index (χ3v) is 5.04. The molecule has 0 saturated carbocycles. The van der Waals surface area contributed by atoms with Crippen molar-refractivity contribution in [2.75, 3.05) is 0 Å². The first kappa shape index (κ1) is 15.2. The van der Waals surface area contributed by atoms with Gasteiger partial charge in [-0.3, -0.25) is 4.79 Å².